The number of carbonyl (C=O) groups is 1. The number of aliphatic hydroxyl groups excluding tert-OH is 15. The lowest BCUT2D eigenvalue weighted by Gasteiger charge is -2.49. The Hall–Kier alpha value is -1.49. The summed E-state index contributed by atoms with van der Waals surface area (Å²) in [5, 5.41) is 159. The minimum atomic E-state index is -2.08. The van der Waals surface area contributed by atoms with Crippen molar-refractivity contribution in [3.63, 3.8) is 0 Å². The van der Waals surface area contributed by atoms with Crippen LogP contribution < -0.4 is 5.32 Å². The van der Waals surface area contributed by atoms with Crippen molar-refractivity contribution >= 4 is 5.91 Å². The molecule has 0 aliphatic carbocycles. The number of amides is 1. The van der Waals surface area contributed by atoms with Crippen molar-refractivity contribution in [2.75, 3.05) is 26.4 Å². The van der Waals surface area contributed by atoms with E-state index in [1.54, 1.807) is 0 Å². The molecule has 25 atom stereocenters. The first kappa shape index (κ1) is 47.6. The molecule has 25 unspecified atom stereocenters. The zero-order valence-electron chi connectivity index (χ0n) is 31.1. The summed E-state index contributed by atoms with van der Waals surface area (Å²) in [6.45, 7) is -1.02. The summed E-state index contributed by atoms with van der Waals surface area (Å²) < 4.78 is 50.6. The Kier molecular flexibility index (Phi) is 16.5. The van der Waals surface area contributed by atoms with Crippen molar-refractivity contribution in [2.45, 2.75) is 167 Å². The van der Waals surface area contributed by atoms with Crippen molar-refractivity contribution < 1.29 is 124 Å². The van der Waals surface area contributed by atoms with Crippen molar-refractivity contribution in [1.82, 2.24) is 5.32 Å². The fourth-order valence-electron chi connectivity index (χ4n) is 7.26. The second-order valence-corrected chi connectivity index (χ2v) is 14.7. The third kappa shape index (κ3) is 9.91. The van der Waals surface area contributed by atoms with Crippen LogP contribution in [0.3, 0.4) is 0 Å². The Balaban J connectivity index is 1.34. The highest BCUT2D eigenvalue weighted by molar-refractivity contribution is 5.73. The first-order valence-corrected chi connectivity index (χ1v) is 18.5. The van der Waals surface area contributed by atoms with Crippen LogP contribution in [0.25, 0.3) is 0 Å². The number of nitrogens with one attached hydrogen (secondary N) is 1. The molecule has 26 heteroatoms. The summed E-state index contributed by atoms with van der Waals surface area (Å²) in [5.41, 5.74) is 0. The van der Waals surface area contributed by atoms with E-state index in [1.165, 1.54) is 6.92 Å². The second kappa shape index (κ2) is 20.1. The predicted octanol–water partition coefficient (Wildman–Crippen LogP) is -10.8. The number of aliphatic hydroxyl groups is 15. The lowest BCUT2D eigenvalue weighted by molar-refractivity contribution is -0.384. The van der Waals surface area contributed by atoms with E-state index < -0.39 is 186 Å². The lowest BCUT2D eigenvalue weighted by atomic mass is 9.95. The zero-order chi connectivity index (χ0) is 42.9. The summed E-state index contributed by atoms with van der Waals surface area (Å²) in [6.07, 6.45) is -42.6. The van der Waals surface area contributed by atoms with Gasteiger partial charge in [-0.05, 0) is 6.92 Å². The fraction of sp³-hybridized carbons (Fsp3) is 0.969. The minimum Gasteiger partial charge on any atom is -0.394 e. The smallest absolute Gasteiger partial charge is 0.217 e. The van der Waals surface area contributed by atoms with Gasteiger partial charge in [0.05, 0.1) is 32.5 Å². The van der Waals surface area contributed by atoms with Crippen molar-refractivity contribution in [3.8, 4) is 0 Å². The highest BCUT2D eigenvalue weighted by Gasteiger charge is 2.55. The van der Waals surface area contributed by atoms with E-state index in [0.717, 1.165) is 6.92 Å². The largest absolute Gasteiger partial charge is 0.394 e. The van der Waals surface area contributed by atoms with Gasteiger partial charge in [-0.25, -0.2) is 0 Å². The molecule has 0 aromatic carbocycles. The Morgan fingerprint density at radius 2 is 0.931 bits per heavy atom. The summed E-state index contributed by atoms with van der Waals surface area (Å²) in [5.74, 6) is -0.747. The molecule has 0 saturated carbocycles. The number of hydrogen-bond acceptors (Lipinski definition) is 25. The topological polar surface area (TPSA) is 416 Å². The van der Waals surface area contributed by atoms with Gasteiger partial charge in [-0.15, -0.1) is 0 Å². The molecule has 5 rings (SSSR count). The standard InChI is InChI=1S/C32H55NO25/c1-7-14(38)18(42)21(45)30(51-7)58-27-24(48)28(49)52-11(5-36)25(27)56-32-23(47)20(44)16(40)12(55-32)6-50-29-13(33-8(2)37)26(17(41)10(4-35)53-29)57-31-22(46)19(43)15(39)9(3-34)54-31/h7,9-32,34-36,38-49H,3-6H2,1-2H3,(H,33,37). The van der Waals surface area contributed by atoms with Crippen LogP contribution in [-0.4, -0.2) is 262 Å². The van der Waals surface area contributed by atoms with Crippen LogP contribution in [0.4, 0.5) is 0 Å². The van der Waals surface area contributed by atoms with Gasteiger partial charge >= 0.3 is 0 Å². The zero-order valence-corrected chi connectivity index (χ0v) is 31.1. The normalized spacial score (nSPS) is 51.6. The van der Waals surface area contributed by atoms with Gasteiger partial charge in [0.1, 0.15) is 116 Å². The van der Waals surface area contributed by atoms with Gasteiger partial charge in [-0.1, -0.05) is 0 Å². The SMILES string of the molecule is CC(=O)NC1C(OCC2OC(OC3C(CO)OC(O)C(O)C3OC3OC(C)C(O)C(O)C3O)C(O)C(O)C2O)OC(CO)C(O)C1OC1OC(CO)C(O)C(O)C1O. The van der Waals surface area contributed by atoms with Crippen molar-refractivity contribution in [3.05, 3.63) is 0 Å². The molecule has 0 aromatic rings. The van der Waals surface area contributed by atoms with Crippen molar-refractivity contribution in [1.29, 1.82) is 0 Å². The van der Waals surface area contributed by atoms with Gasteiger partial charge in [0.2, 0.25) is 5.91 Å². The summed E-state index contributed by atoms with van der Waals surface area (Å²) >= 11 is 0. The first-order chi connectivity index (χ1) is 27.3. The molecule has 5 fully saturated rings. The van der Waals surface area contributed by atoms with Crippen LogP contribution in [0, 0.1) is 0 Å². The summed E-state index contributed by atoms with van der Waals surface area (Å²) in [4.78, 5) is 12.3. The number of carbonyl (C=O) groups excluding carboxylic acids is 1. The maximum Gasteiger partial charge on any atom is 0.217 e. The Morgan fingerprint density at radius 1 is 0.483 bits per heavy atom. The Labute approximate surface area is 329 Å². The molecule has 0 radical (unpaired) electrons. The van der Waals surface area contributed by atoms with Gasteiger partial charge in [0, 0.05) is 6.92 Å². The predicted molar refractivity (Wildman–Crippen MR) is 177 cm³/mol. The summed E-state index contributed by atoms with van der Waals surface area (Å²) in [6, 6.07) is -1.54. The fourth-order valence-corrected chi connectivity index (χ4v) is 7.26. The maximum absolute atomic E-state index is 12.3. The molecule has 5 aliphatic rings. The molecule has 1 amide bonds. The number of ether oxygens (including phenoxy) is 9. The molecule has 5 heterocycles. The van der Waals surface area contributed by atoms with E-state index in [1.807, 2.05) is 0 Å². The Bertz CT molecular complexity index is 1310. The van der Waals surface area contributed by atoms with E-state index in [2.05, 4.69) is 5.32 Å². The average molecular weight is 854 g/mol. The highest BCUT2D eigenvalue weighted by Crippen LogP contribution is 2.34. The monoisotopic (exact) mass is 853 g/mol. The van der Waals surface area contributed by atoms with E-state index in [4.69, 9.17) is 42.6 Å². The van der Waals surface area contributed by atoms with E-state index >= 15 is 0 Å². The molecule has 0 bridgehead atoms. The van der Waals surface area contributed by atoms with Crippen LogP contribution in [0.15, 0.2) is 0 Å². The van der Waals surface area contributed by atoms with Gasteiger partial charge < -0.3 is 125 Å². The molecule has 5 aliphatic heterocycles. The molecule has 338 valence electrons. The van der Waals surface area contributed by atoms with E-state index in [0.29, 0.717) is 0 Å². The van der Waals surface area contributed by atoms with E-state index in [9.17, 15) is 81.4 Å². The van der Waals surface area contributed by atoms with Gasteiger partial charge in [0.15, 0.2) is 31.5 Å². The molecule has 16 N–H and O–H groups in total. The quantitative estimate of drug-likeness (QED) is 0.0818. The molecule has 5 saturated heterocycles. The summed E-state index contributed by atoms with van der Waals surface area (Å²) in [7, 11) is 0. The molecule has 58 heavy (non-hydrogen) atoms. The maximum atomic E-state index is 12.3. The van der Waals surface area contributed by atoms with Crippen LogP contribution in [0.2, 0.25) is 0 Å². The van der Waals surface area contributed by atoms with Crippen LogP contribution in [0.5, 0.6) is 0 Å². The molecular formula is C32H55NO25. The van der Waals surface area contributed by atoms with Crippen molar-refractivity contribution in [2.24, 2.45) is 0 Å². The molecule has 26 nitrogen and oxygen atoms in total. The molecule has 0 spiro atoms. The number of rotatable bonds is 13. The minimum absolute atomic E-state index is 0.747. The first-order valence-electron chi connectivity index (χ1n) is 18.5. The van der Waals surface area contributed by atoms with Gasteiger partial charge in [0.25, 0.3) is 0 Å². The number of hydrogen-bond donors (Lipinski definition) is 16. The van der Waals surface area contributed by atoms with Crippen LogP contribution >= 0.6 is 0 Å². The molecule has 0 aromatic heterocycles. The van der Waals surface area contributed by atoms with Crippen LogP contribution in [-0.2, 0) is 47.4 Å². The van der Waals surface area contributed by atoms with Gasteiger partial charge in [-0.2, -0.15) is 0 Å². The lowest BCUT2D eigenvalue weighted by Crippen LogP contribution is -2.68. The average Bonchev–Trinajstić information content (AvgIpc) is 3.19. The van der Waals surface area contributed by atoms with Gasteiger partial charge in [-0.3, -0.25) is 4.79 Å². The third-order valence-electron chi connectivity index (χ3n) is 10.7. The third-order valence-corrected chi connectivity index (χ3v) is 10.7. The Morgan fingerprint density at radius 3 is 1.48 bits per heavy atom. The second-order valence-electron chi connectivity index (χ2n) is 14.7. The van der Waals surface area contributed by atoms with E-state index in [-0.39, 0.29) is 0 Å². The highest BCUT2D eigenvalue weighted by atomic mass is 16.8. The van der Waals surface area contributed by atoms with Crippen LogP contribution in [0.1, 0.15) is 13.8 Å². The molecular weight excluding hydrogens is 798 g/mol.